The minimum atomic E-state index is -0.609. The molecular weight excluding hydrogens is 488 g/mol. The monoisotopic (exact) mass is 520 g/mol. The molecule has 1 heterocycles. The van der Waals surface area contributed by atoms with Gasteiger partial charge in [0.2, 0.25) is 18.3 Å². The predicted molar refractivity (Wildman–Crippen MR) is 141 cm³/mol. The van der Waals surface area contributed by atoms with E-state index in [9.17, 15) is 4.79 Å². The van der Waals surface area contributed by atoms with Crippen molar-refractivity contribution in [2.24, 2.45) is 11.8 Å². The van der Waals surface area contributed by atoms with E-state index in [1.807, 2.05) is 30.3 Å². The Balaban J connectivity index is 1.82. The summed E-state index contributed by atoms with van der Waals surface area (Å²) in [5, 5.41) is 0. The average Bonchev–Trinajstić information content (AvgIpc) is 3.42. The van der Waals surface area contributed by atoms with Gasteiger partial charge < -0.3 is 33.2 Å². The average molecular weight is 521 g/mol. The van der Waals surface area contributed by atoms with Crippen LogP contribution in [0.5, 0.6) is 34.5 Å². The Morgan fingerprint density at radius 3 is 2.21 bits per heavy atom. The zero-order valence-electron chi connectivity index (χ0n) is 22.5. The van der Waals surface area contributed by atoms with E-state index in [4.69, 9.17) is 33.2 Å². The highest BCUT2D eigenvalue weighted by atomic mass is 16.7. The van der Waals surface area contributed by atoms with E-state index in [2.05, 4.69) is 13.8 Å². The summed E-state index contributed by atoms with van der Waals surface area (Å²) in [6.45, 7) is 4.30. The van der Waals surface area contributed by atoms with Crippen LogP contribution in [-0.4, -0.2) is 41.2 Å². The molecule has 0 radical (unpaired) electrons. The molecule has 3 aromatic rings. The van der Waals surface area contributed by atoms with Crippen molar-refractivity contribution >= 4 is 5.97 Å². The highest BCUT2D eigenvalue weighted by molar-refractivity contribution is 5.91. The van der Waals surface area contributed by atoms with Gasteiger partial charge in [-0.3, -0.25) is 0 Å². The fourth-order valence-corrected chi connectivity index (χ4v) is 5.39. The molecular formula is C30H32O8. The number of hydrogen-bond acceptors (Lipinski definition) is 8. The lowest BCUT2D eigenvalue weighted by atomic mass is 9.75. The Kier molecular flexibility index (Phi) is 6.97. The minimum Gasteiger partial charge on any atom is -0.493 e. The number of ether oxygens (including phenoxy) is 7. The highest BCUT2D eigenvalue weighted by Crippen LogP contribution is 2.58. The lowest BCUT2D eigenvalue weighted by Crippen LogP contribution is -2.26. The van der Waals surface area contributed by atoms with E-state index < -0.39 is 12.1 Å². The Morgan fingerprint density at radius 2 is 1.55 bits per heavy atom. The molecule has 0 bridgehead atoms. The van der Waals surface area contributed by atoms with Crippen molar-refractivity contribution in [2.75, 3.05) is 35.2 Å². The molecule has 0 N–H and O–H groups in total. The molecule has 8 heteroatoms. The van der Waals surface area contributed by atoms with E-state index in [-0.39, 0.29) is 18.6 Å². The second-order valence-corrected chi connectivity index (χ2v) is 9.52. The summed E-state index contributed by atoms with van der Waals surface area (Å²) in [6, 6.07) is 12.9. The van der Waals surface area contributed by atoms with Crippen molar-refractivity contribution in [3.8, 4) is 45.6 Å². The Hall–Kier alpha value is -4.07. The van der Waals surface area contributed by atoms with Crippen molar-refractivity contribution in [1.29, 1.82) is 0 Å². The van der Waals surface area contributed by atoms with Gasteiger partial charge in [0.1, 0.15) is 6.10 Å². The second-order valence-electron chi connectivity index (χ2n) is 9.52. The fourth-order valence-electron chi connectivity index (χ4n) is 5.39. The van der Waals surface area contributed by atoms with Crippen molar-refractivity contribution < 1.29 is 38.0 Å². The van der Waals surface area contributed by atoms with Gasteiger partial charge in [-0.2, -0.15) is 0 Å². The van der Waals surface area contributed by atoms with Gasteiger partial charge in [0.05, 0.1) is 34.0 Å². The van der Waals surface area contributed by atoms with E-state index in [0.717, 1.165) is 16.7 Å². The van der Waals surface area contributed by atoms with E-state index in [1.165, 1.54) is 0 Å². The summed E-state index contributed by atoms with van der Waals surface area (Å²) in [6.07, 6.45) is 0.0611. The van der Waals surface area contributed by atoms with E-state index in [1.54, 1.807) is 40.6 Å². The molecule has 1 aliphatic carbocycles. The van der Waals surface area contributed by atoms with Crippen LogP contribution in [0.25, 0.3) is 11.1 Å². The van der Waals surface area contributed by atoms with Gasteiger partial charge in [-0.15, -0.1) is 0 Å². The van der Waals surface area contributed by atoms with Crippen molar-refractivity contribution in [1.82, 2.24) is 0 Å². The molecule has 200 valence electrons. The van der Waals surface area contributed by atoms with Crippen LogP contribution in [0.15, 0.2) is 42.5 Å². The van der Waals surface area contributed by atoms with Crippen LogP contribution in [0.3, 0.4) is 0 Å². The third-order valence-electron chi connectivity index (χ3n) is 7.48. The summed E-state index contributed by atoms with van der Waals surface area (Å²) >= 11 is 0. The van der Waals surface area contributed by atoms with Crippen molar-refractivity contribution in [3.05, 3.63) is 59.2 Å². The Bertz CT molecular complexity index is 1350. The van der Waals surface area contributed by atoms with Gasteiger partial charge in [-0.25, -0.2) is 4.79 Å². The number of benzene rings is 3. The van der Waals surface area contributed by atoms with Gasteiger partial charge in [0, 0.05) is 22.6 Å². The lowest BCUT2D eigenvalue weighted by Gasteiger charge is -2.35. The summed E-state index contributed by atoms with van der Waals surface area (Å²) in [5.41, 5.74) is 3.68. The minimum absolute atomic E-state index is 0.0567. The van der Waals surface area contributed by atoms with Crippen LogP contribution in [0.2, 0.25) is 0 Å². The third kappa shape index (κ3) is 4.14. The van der Waals surface area contributed by atoms with Gasteiger partial charge in [-0.1, -0.05) is 32.0 Å². The number of carbonyl (C=O) groups excluding carboxylic acids is 1. The topological polar surface area (TPSA) is 81.7 Å². The normalized spacial score (nSPS) is 19.4. The number of fused-ring (bicyclic) bond motifs is 4. The molecule has 0 unspecified atom stereocenters. The summed E-state index contributed by atoms with van der Waals surface area (Å²) in [7, 11) is 6.35. The molecule has 0 saturated carbocycles. The molecule has 5 rings (SSSR count). The second kappa shape index (κ2) is 10.4. The molecule has 0 saturated heterocycles. The zero-order valence-corrected chi connectivity index (χ0v) is 22.5. The number of carbonyl (C=O) groups is 1. The standard InChI is InChI=1S/C30H32O8/c1-16-12-19-13-21(32-3)26(33-4)28(34-5)23(19)24-20(14-22-27(29(24)35-6)37-15-36-22)25(17(16)2)38-30(31)18-10-8-7-9-11-18/h7-11,13-14,16-17,25H,12,15H2,1-6H3/t16-,17-,25-/m1/s1. The third-order valence-corrected chi connectivity index (χ3v) is 7.48. The summed E-state index contributed by atoms with van der Waals surface area (Å²) in [4.78, 5) is 13.3. The lowest BCUT2D eigenvalue weighted by molar-refractivity contribution is 0.00701. The first-order chi connectivity index (χ1) is 18.4. The van der Waals surface area contributed by atoms with Gasteiger partial charge >= 0.3 is 5.97 Å². The summed E-state index contributed by atoms with van der Waals surface area (Å²) in [5.74, 6) is 2.67. The zero-order chi connectivity index (χ0) is 27.0. The fraction of sp³-hybridized carbons (Fsp3) is 0.367. The van der Waals surface area contributed by atoms with Crippen LogP contribution in [0.4, 0.5) is 0 Å². The Labute approximate surface area is 222 Å². The summed E-state index contributed by atoms with van der Waals surface area (Å²) < 4.78 is 41.2. The highest BCUT2D eigenvalue weighted by Gasteiger charge is 2.40. The first kappa shape index (κ1) is 25.6. The SMILES string of the molecule is COc1cc2c(c(OC)c1OC)-c1c(cc3c(c1OC)OCO3)[C@H](OC(=O)c1ccccc1)[C@H](C)[C@H](C)C2. The van der Waals surface area contributed by atoms with E-state index in [0.29, 0.717) is 52.0 Å². The van der Waals surface area contributed by atoms with Crippen LogP contribution in [-0.2, 0) is 11.2 Å². The van der Waals surface area contributed by atoms with Crippen LogP contribution >= 0.6 is 0 Å². The number of methoxy groups -OCH3 is 4. The van der Waals surface area contributed by atoms with Crippen molar-refractivity contribution in [3.63, 3.8) is 0 Å². The number of hydrogen-bond donors (Lipinski definition) is 0. The molecule has 3 atom stereocenters. The molecule has 0 amide bonds. The molecule has 0 spiro atoms. The van der Waals surface area contributed by atoms with Crippen LogP contribution in [0.1, 0.15) is 41.4 Å². The number of rotatable bonds is 6. The predicted octanol–water partition coefficient (Wildman–Crippen LogP) is 5.84. The molecule has 2 aliphatic rings. The van der Waals surface area contributed by atoms with Gasteiger partial charge in [-0.05, 0) is 42.2 Å². The molecule has 0 fully saturated rings. The smallest absolute Gasteiger partial charge is 0.338 e. The maximum atomic E-state index is 13.3. The molecule has 38 heavy (non-hydrogen) atoms. The maximum Gasteiger partial charge on any atom is 0.338 e. The largest absolute Gasteiger partial charge is 0.493 e. The quantitative estimate of drug-likeness (QED) is 0.375. The van der Waals surface area contributed by atoms with Crippen LogP contribution in [0, 0.1) is 11.8 Å². The molecule has 8 nitrogen and oxygen atoms in total. The molecule has 0 aromatic heterocycles. The van der Waals surface area contributed by atoms with E-state index >= 15 is 0 Å². The van der Waals surface area contributed by atoms with Crippen LogP contribution < -0.4 is 28.4 Å². The first-order valence-corrected chi connectivity index (χ1v) is 12.5. The molecule has 1 aliphatic heterocycles. The Morgan fingerprint density at radius 1 is 0.842 bits per heavy atom. The maximum absolute atomic E-state index is 13.3. The number of esters is 1. The van der Waals surface area contributed by atoms with Gasteiger partial charge in [0.15, 0.2) is 23.0 Å². The van der Waals surface area contributed by atoms with Gasteiger partial charge in [0.25, 0.3) is 0 Å². The first-order valence-electron chi connectivity index (χ1n) is 12.5. The van der Waals surface area contributed by atoms with Crippen molar-refractivity contribution in [2.45, 2.75) is 26.4 Å². The molecule has 3 aromatic carbocycles.